The number of para-hydroxylation sites is 2. The Balaban J connectivity index is 1.98. The van der Waals surface area contributed by atoms with Crippen molar-refractivity contribution >= 4 is 17.6 Å². The van der Waals surface area contributed by atoms with Gasteiger partial charge < -0.3 is 19.5 Å². The van der Waals surface area contributed by atoms with Gasteiger partial charge in [0.15, 0.2) is 17.6 Å². The minimum Gasteiger partial charge on any atom is -0.493 e. The van der Waals surface area contributed by atoms with E-state index in [1.165, 1.54) is 7.11 Å². The molecule has 1 N–H and O–H groups in total. The number of esters is 1. The molecule has 6 heteroatoms. The maximum Gasteiger partial charge on any atom is 0.338 e. The number of hydrogen-bond acceptors (Lipinski definition) is 5. The fourth-order valence-electron chi connectivity index (χ4n) is 2.11. The Kier molecular flexibility index (Phi) is 6.39. The van der Waals surface area contributed by atoms with E-state index in [0.717, 1.165) is 0 Å². The Morgan fingerprint density at radius 2 is 1.68 bits per heavy atom. The maximum absolute atomic E-state index is 12.3. The van der Waals surface area contributed by atoms with Gasteiger partial charge in [0, 0.05) is 5.69 Å². The Hall–Kier alpha value is -3.02. The summed E-state index contributed by atoms with van der Waals surface area (Å²) in [7, 11) is 1.54. The zero-order valence-corrected chi connectivity index (χ0v) is 14.4. The number of ether oxygens (including phenoxy) is 3. The summed E-state index contributed by atoms with van der Waals surface area (Å²) in [6.07, 6.45) is -0.721. The molecule has 25 heavy (non-hydrogen) atoms. The number of amides is 1. The Morgan fingerprint density at radius 3 is 2.28 bits per heavy atom. The largest absolute Gasteiger partial charge is 0.493 e. The van der Waals surface area contributed by atoms with E-state index >= 15 is 0 Å². The van der Waals surface area contributed by atoms with Crippen LogP contribution in [0.1, 0.15) is 24.2 Å². The lowest BCUT2D eigenvalue weighted by atomic mass is 10.2. The van der Waals surface area contributed by atoms with Crippen LogP contribution in [-0.2, 0) is 9.53 Å². The molecule has 0 fully saturated rings. The van der Waals surface area contributed by atoms with E-state index in [4.69, 9.17) is 14.2 Å². The van der Waals surface area contributed by atoms with Crippen LogP contribution >= 0.6 is 0 Å². The van der Waals surface area contributed by atoms with Gasteiger partial charge in [-0.25, -0.2) is 4.79 Å². The summed E-state index contributed by atoms with van der Waals surface area (Å²) in [6, 6.07) is 13.6. The fourth-order valence-corrected chi connectivity index (χ4v) is 2.11. The highest BCUT2D eigenvalue weighted by atomic mass is 16.5. The van der Waals surface area contributed by atoms with Crippen molar-refractivity contribution in [2.75, 3.05) is 19.0 Å². The molecule has 0 aliphatic rings. The van der Waals surface area contributed by atoms with Crippen LogP contribution in [0.15, 0.2) is 48.5 Å². The molecule has 132 valence electrons. The van der Waals surface area contributed by atoms with Gasteiger partial charge in [-0.15, -0.1) is 0 Å². The molecule has 1 atom stereocenters. The normalized spacial score (nSPS) is 11.3. The summed E-state index contributed by atoms with van der Waals surface area (Å²) in [5.41, 5.74) is 0.992. The van der Waals surface area contributed by atoms with Gasteiger partial charge in [-0.3, -0.25) is 4.79 Å². The van der Waals surface area contributed by atoms with Crippen molar-refractivity contribution in [3.05, 3.63) is 54.1 Å². The van der Waals surface area contributed by atoms with Crippen molar-refractivity contribution in [1.82, 2.24) is 0 Å². The first-order chi connectivity index (χ1) is 12.0. The van der Waals surface area contributed by atoms with Crippen LogP contribution in [0.3, 0.4) is 0 Å². The second-order valence-corrected chi connectivity index (χ2v) is 5.20. The van der Waals surface area contributed by atoms with E-state index in [0.29, 0.717) is 29.4 Å². The van der Waals surface area contributed by atoms with Crippen LogP contribution in [-0.4, -0.2) is 31.7 Å². The molecule has 0 radical (unpaired) electrons. The first kappa shape index (κ1) is 18.3. The van der Waals surface area contributed by atoms with Crippen molar-refractivity contribution in [3.63, 3.8) is 0 Å². The summed E-state index contributed by atoms with van der Waals surface area (Å²) in [5.74, 6) is 0.342. The number of rotatable bonds is 7. The summed E-state index contributed by atoms with van der Waals surface area (Å²) >= 11 is 0. The lowest BCUT2D eigenvalue weighted by Crippen LogP contribution is -2.30. The lowest BCUT2D eigenvalue weighted by molar-refractivity contribution is -0.122. The van der Waals surface area contributed by atoms with Crippen molar-refractivity contribution in [3.8, 4) is 11.5 Å². The number of hydrogen-bond donors (Lipinski definition) is 1. The highest BCUT2D eigenvalue weighted by molar-refractivity contribution is 5.95. The summed E-state index contributed by atoms with van der Waals surface area (Å²) in [5, 5.41) is 2.74. The maximum atomic E-state index is 12.3. The van der Waals surface area contributed by atoms with Crippen LogP contribution in [0.5, 0.6) is 11.5 Å². The van der Waals surface area contributed by atoms with Gasteiger partial charge in [0.1, 0.15) is 0 Å². The molecule has 2 aromatic carbocycles. The molecule has 2 aromatic rings. The molecule has 0 aliphatic carbocycles. The van der Waals surface area contributed by atoms with Crippen molar-refractivity contribution in [2.24, 2.45) is 0 Å². The highest BCUT2D eigenvalue weighted by Crippen LogP contribution is 2.27. The zero-order valence-electron chi connectivity index (χ0n) is 14.4. The second kappa shape index (κ2) is 8.73. The van der Waals surface area contributed by atoms with Gasteiger partial charge in [0.25, 0.3) is 5.91 Å². The molecule has 0 heterocycles. The predicted octanol–water partition coefficient (Wildman–Crippen LogP) is 3.28. The van der Waals surface area contributed by atoms with E-state index in [1.807, 2.05) is 6.07 Å². The molecule has 0 unspecified atom stereocenters. The number of benzene rings is 2. The average Bonchev–Trinajstić information content (AvgIpc) is 2.63. The van der Waals surface area contributed by atoms with Gasteiger partial charge in [0.05, 0.1) is 19.3 Å². The number of methoxy groups -OCH3 is 1. The van der Waals surface area contributed by atoms with E-state index in [2.05, 4.69) is 5.32 Å². The Labute approximate surface area is 146 Å². The molecule has 0 saturated heterocycles. The molecule has 0 spiro atoms. The number of nitrogens with one attached hydrogen (secondary N) is 1. The Bertz CT molecular complexity index is 727. The monoisotopic (exact) mass is 343 g/mol. The van der Waals surface area contributed by atoms with E-state index in [-0.39, 0.29) is 5.91 Å². The first-order valence-electron chi connectivity index (χ1n) is 7.93. The van der Waals surface area contributed by atoms with Crippen molar-refractivity contribution in [2.45, 2.75) is 20.0 Å². The second-order valence-electron chi connectivity index (χ2n) is 5.20. The van der Waals surface area contributed by atoms with Crippen LogP contribution < -0.4 is 14.8 Å². The molecule has 6 nitrogen and oxygen atoms in total. The van der Waals surface area contributed by atoms with E-state index in [9.17, 15) is 9.59 Å². The third-order valence-electron chi connectivity index (χ3n) is 3.41. The average molecular weight is 343 g/mol. The quantitative estimate of drug-likeness (QED) is 0.781. The highest BCUT2D eigenvalue weighted by Gasteiger charge is 2.17. The number of carbonyl (C=O) groups is 2. The number of carbonyl (C=O) groups excluding carboxylic acids is 2. The third kappa shape index (κ3) is 4.97. The van der Waals surface area contributed by atoms with Crippen molar-refractivity contribution < 1.29 is 23.8 Å². The predicted molar refractivity (Wildman–Crippen MR) is 94.1 cm³/mol. The summed E-state index contributed by atoms with van der Waals surface area (Å²) in [4.78, 5) is 23.9. The van der Waals surface area contributed by atoms with E-state index < -0.39 is 12.1 Å². The van der Waals surface area contributed by atoms with Crippen LogP contribution in [0.25, 0.3) is 0 Å². The molecular formula is C19H21NO5. The van der Waals surface area contributed by atoms with Gasteiger partial charge in [-0.1, -0.05) is 12.1 Å². The van der Waals surface area contributed by atoms with Gasteiger partial charge in [-0.05, 0) is 50.2 Å². The molecule has 0 saturated carbocycles. The molecule has 0 bridgehead atoms. The Morgan fingerprint density at radius 1 is 1.04 bits per heavy atom. The van der Waals surface area contributed by atoms with Gasteiger partial charge in [0.2, 0.25) is 0 Å². The van der Waals surface area contributed by atoms with Crippen LogP contribution in [0, 0.1) is 0 Å². The molecule has 0 aromatic heterocycles. The number of anilines is 1. The van der Waals surface area contributed by atoms with E-state index in [1.54, 1.807) is 56.3 Å². The summed E-state index contributed by atoms with van der Waals surface area (Å²) in [6.45, 7) is 3.71. The van der Waals surface area contributed by atoms with Gasteiger partial charge in [-0.2, -0.15) is 0 Å². The summed E-state index contributed by atoms with van der Waals surface area (Å²) < 4.78 is 15.8. The first-order valence-corrected chi connectivity index (χ1v) is 7.93. The molecular weight excluding hydrogens is 322 g/mol. The topological polar surface area (TPSA) is 73.9 Å². The third-order valence-corrected chi connectivity index (χ3v) is 3.41. The standard InChI is InChI=1S/C19H21NO5/c1-4-24-19(22)14-9-11-15(12-10-14)20-18(21)13(2)25-17-8-6-5-7-16(17)23-3/h5-13H,4H2,1-3H3,(H,20,21)/t13-/m0/s1. The minimum absolute atomic E-state index is 0.310. The van der Waals surface area contributed by atoms with Crippen LogP contribution in [0.2, 0.25) is 0 Å². The van der Waals surface area contributed by atoms with Crippen LogP contribution in [0.4, 0.5) is 5.69 Å². The molecule has 2 rings (SSSR count). The zero-order chi connectivity index (χ0) is 18.2. The lowest BCUT2D eigenvalue weighted by Gasteiger charge is -2.16. The molecule has 0 aliphatic heterocycles. The van der Waals surface area contributed by atoms with Gasteiger partial charge >= 0.3 is 5.97 Å². The minimum atomic E-state index is -0.721. The fraction of sp³-hybridized carbons (Fsp3) is 0.263. The SMILES string of the molecule is CCOC(=O)c1ccc(NC(=O)[C@H](C)Oc2ccccc2OC)cc1. The molecule has 1 amide bonds. The van der Waals surface area contributed by atoms with Crippen molar-refractivity contribution in [1.29, 1.82) is 0 Å². The smallest absolute Gasteiger partial charge is 0.338 e.